The Labute approximate surface area is 98.2 Å². The summed E-state index contributed by atoms with van der Waals surface area (Å²) in [7, 11) is 1.71. The fourth-order valence-electron chi connectivity index (χ4n) is 2.41. The Morgan fingerprint density at radius 1 is 1.19 bits per heavy atom. The van der Waals surface area contributed by atoms with Crippen molar-refractivity contribution in [3.8, 4) is 5.75 Å². The van der Waals surface area contributed by atoms with Crippen LogP contribution in [-0.4, -0.2) is 31.1 Å². The van der Waals surface area contributed by atoms with Gasteiger partial charge < -0.3 is 9.64 Å². The third-order valence-electron chi connectivity index (χ3n) is 3.45. The van der Waals surface area contributed by atoms with Crippen molar-refractivity contribution in [3.63, 3.8) is 0 Å². The Morgan fingerprint density at radius 2 is 1.81 bits per heavy atom. The summed E-state index contributed by atoms with van der Waals surface area (Å²) < 4.78 is 5.16. The van der Waals surface area contributed by atoms with Crippen molar-refractivity contribution in [1.82, 2.24) is 4.90 Å². The average molecular weight is 219 g/mol. The van der Waals surface area contributed by atoms with Crippen molar-refractivity contribution in [1.29, 1.82) is 0 Å². The van der Waals surface area contributed by atoms with Crippen molar-refractivity contribution in [2.45, 2.75) is 32.2 Å². The van der Waals surface area contributed by atoms with E-state index in [2.05, 4.69) is 24.0 Å². The fraction of sp³-hybridized carbons (Fsp3) is 0.571. The zero-order chi connectivity index (χ0) is 11.4. The van der Waals surface area contributed by atoms with Crippen LogP contribution in [0.1, 0.15) is 25.3 Å². The first-order valence-electron chi connectivity index (χ1n) is 6.16. The molecule has 1 aliphatic rings. The van der Waals surface area contributed by atoms with E-state index in [1.54, 1.807) is 7.11 Å². The first kappa shape index (κ1) is 11.5. The molecule has 1 saturated heterocycles. The zero-order valence-electron chi connectivity index (χ0n) is 10.3. The molecule has 0 radical (unpaired) electrons. The lowest BCUT2D eigenvalue weighted by Crippen LogP contribution is -2.31. The molecule has 0 unspecified atom stereocenters. The van der Waals surface area contributed by atoms with Gasteiger partial charge in [-0.3, -0.25) is 0 Å². The van der Waals surface area contributed by atoms with Gasteiger partial charge in [-0.15, -0.1) is 0 Å². The topological polar surface area (TPSA) is 12.5 Å². The van der Waals surface area contributed by atoms with Crippen LogP contribution in [0.2, 0.25) is 0 Å². The van der Waals surface area contributed by atoms with Gasteiger partial charge in [0.2, 0.25) is 0 Å². The van der Waals surface area contributed by atoms with Gasteiger partial charge in [0.05, 0.1) is 7.11 Å². The number of likely N-dealkylation sites (tertiary alicyclic amines) is 1. The maximum atomic E-state index is 5.16. The van der Waals surface area contributed by atoms with Gasteiger partial charge in [-0.25, -0.2) is 0 Å². The molecule has 2 nitrogen and oxygen atoms in total. The van der Waals surface area contributed by atoms with Crippen molar-refractivity contribution in [3.05, 3.63) is 29.8 Å². The number of benzene rings is 1. The van der Waals surface area contributed by atoms with Crippen LogP contribution in [0.4, 0.5) is 0 Å². The summed E-state index contributed by atoms with van der Waals surface area (Å²) in [6, 6.07) is 9.10. The molecule has 0 aromatic heterocycles. The van der Waals surface area contributed by atoms with Gasteiger partial charge in [-0.05, 0) is 57.0 Å². The van der Waals surface area contributed by atoms with E-state index in [1.165, 1.54) is 31.5 Å². The highest BCUT2D eigenvalue weighted by atomic mass is 16.5. The quantitative estimate of drug-likeness (QED) is 0.772. The standard InChI is InChI=1S/C14H21NO/c1-12(15-9-3-4-10-15)11-13-5-7-14(16-2)8-6-13/h5-8,12H,3-4,9-11H2,1-2H3/t12-/m0/s1. The second-order valence-corrected chi connectivity index (χ2v) is 4.64. The fourth-order valence-corrected chi connectivity index (χ4v) is 2.41. The predicted molar refractivity (Wildman–Crippen MR) is 67.0 cm³/mol. The molecule has 88 valence electrons. The third kappa shape index (κ3) is 2.76. The van der Waals surface area contributed by atoms with Crippen molar-refractivity contribution in [2.75, 3.05) is 20.2 Å². The van der Waals surface area contributed by atoms with E-state index < -0.39 is 0 Å². The Bertz CT molecular complexity index is 314. The molecule has 2 rings (SSSR count). The SMILES string of the molecule is COc1ccc(C[C@H](C)N2CCCC2)cc1. The molecule has 1 aromatic rings. The number of rotatable bonds is 4. The predicted octanol–water partition coefficient (Wildman–Crippen LogP) is 2.72. The summed E-state index contributed by atoms with van der Waals surface area (Å²) in [6.07, 6.45) is 3.88. The number of hydrogen-bond acceptors (Lipinski definition) is 2. The van der Waals surface area contributed by atoms with Crippen LogP contribution in [0, 0.1) is 0 Å². The molecule has 1 aliphatic heterocycles. The highest BCUT2D eigenvalue weighted by Gasteiger charge is 2.17. The second-order valence-electron chi connectivity index (χ2n) is 4.64. The van der Waals surface area contributed by atoms with Crippen molar-refractivity contribution >= 4 is 0 Å². The molecular formula is C14H21NO. The largest absolute Gasteiger partial charge is 0.497 e. The van der Waals surface area contributed by atoms with Gasteiger partial charge in [-0.1, -0.05) is 12.1 Å². The van der Waals surface area contributed by atoms with Gasteiger partial charge in [0.25, 0.3) is 0 Å². The van der Waals surface area contributed by atoms with Crippen LogP contribution >= 0.6 is 0 Å². The van der Waals surface area contributed by atoms with E-state index in [9.17, 15) is 0 Å². The zero-order valence-corrected chi connectivity index (χ0v) is 10.3. The summed E-state index contributed by atoms with van der Waals surface area (Å²) in [5.74, 6) is 0.942. The van der Waals surface area contributed by atoms with Gasteiger partial charge in [0, 0.05) is 6.04 Å². The Morgan fingerprint density at radius 3 is 2.38 bits per heavy atom. The minimum atomic E-state index is 0.663. The highest BCUT2D eigenvalue weighted by Crippen LogP contribution is 2.17. The summed E-state index contributed by atoms with van der Waals surface area (Å²) in [5, 5.41) is 0. The highest BCUT2D eigenvalue weighted by molar-refractivity contribution is 5.27. The van der Waals surface area contributed by atoms with Gasteiger partial charge in [0.1, 0.15) is 5.75 Å². The molecule has 1 atom stereocenters. The number of methoxy groups -OCH3 is 1. The van der Waals surface area contributed by atoms with Crippen LogP contribution in [0.3, 0.4) is 0 Å². The number of nitrogens with zero attached hydrogens (tertiary/aromatic N) is 1. The summed E-state index contributed by atoms with van der Waals surface area (Å²) >= 11 is 0. The number of ether oxygens (including phenoxy) is 1. The normalized spacial score (nSPS) is 18.6. The van der Waals surface area contributed by atoms with E-state index in [1.807, 2.05) is 12.1 Å². The van der Waals surface area contributed by atoms with Crippen LogP contribution < -0.4 is 4.74 Å². The molecule has 0 saturated carbocycles. The minimum absolute atomic E-state index is 0.663. The van der Waals surface area contributed by atoms with Crippen LogP contribution in [0.15, 0.2) is 24.3 Å². The summed E-state index contributed by atoms with van der Waals surface area (Å²) in [4.78, 5) is 2.59. The lowest BCUT2D eigenvalue weighted by molar-refractivity contribution is 0.257. The van der Waals surface area contributed by atoms with E-state index in [0.717, 1.165) is 12.2 Å². The smallest absolute Gasteiger partial charge is 0.118 e. The summed E-state index contributed by atoms with van der Waals surface area (Å²) in [6.45, 7) is 4.88. The molecule has 1 fully saturated rings. The lowest BCUT2D eigenvalue weighted by atomic mass is 10.1. The molecule has 1 heterocycles. The van der Waals surface area contributed by atoms with Crippen molar-refractivity contribution in [2.24, 2.45) is 0 Å². The maximum Gasteiger partial charge on any atom is 0.118 e. The molecule has 0 spiro atoms. The lowest BCUT2D eigenvalue weighted by Gasteiger charge is -2.23. The Hall–Kier alpha value is -1.02. The second kappa shape index (κ2) is 5.35. The molecule has 0 N–H and O–H groups in total. The van der Waals surface area contributed by atoms with E-state index in [4.69, 9.17) is 4.74 Å². The van der Waals surface area contributed by atoms with Gasteiger partial charge >= 0.3 is 0 Å². The van der Waals surface area contributed by atoms with Crippen LogP contribution in [-0.2, 0) is 6.42 Å². The maximum absolute atomic E-state index is 5.16. The molecule has 2 heteroatoms. The van der Waals surface area contributed by atoms with Gasteiger partial charge in [-0.2, -0.15) is 0 Å². The molecule has 16 heavy (non-hydrogen) atoms. The third-order valence-corrected chi connectivity index (χ3v) is 3.45. The molecule has 0 amide bonds. The monoisotopic (exact) mass is 219 g/mol. The van der Waals surface area contributed by atoms with Crippen LogP contribution in [0.5, 0.6) is 5.75 Å². The first-order valence-corrected chi connectivity index (χ1v) is 6.16. The van der Waals surface area contributed by atoms with Crippen molar-refractivity contribution < 1.29 is 4.74 Å². The Kier molecular flexibility index (Phi) is 3.83. The van der Waals surface area contributed by atoms with Gasteiger partial charge in [0.15, 0.2) is 0 Å². The van der Waals surface area contributed by atoms with E-state index in [0.29, 0.717) is 6.04 Å². The van der Waals surface area contributed by atoms with Crippen LogP contribution in [0.25, 0.3) is 0 Å². The number of hydrogen-bond donors (Lipinski definition) is 0. The average Bonchev–Trinajstić information content (AvgIpc) is 2.83. The molecule has 0 bridgehead atoms. The summed E-state index contributed by atoms with van der Waals surface area (Å²) in [5.41, 5.74) is 1.40. The van der Waals surface area contributed by atoms with E-state index in [-0.39, 0.29) is 0 Å². The molecule has 1 aromatic carbocycles. The molecule has 0 aliphatic carbocycles. The first-order chi connectivity index (χ1) is 7.79. The van der Waals surface area contributed by atoms with E-state index >= 15 is 0 Å². The Balaban J connectivity index is 1.92. The molecular weight excluding hydrogens is 198 g/mol. The minimum Gasteiger partial charge on any atom is -0.497 e.